The van der Waals surface area contributed by atoms with Crippen molar-refractivity contribution in [3.8, 4) is 5.75 Å². The molecule has 1 N–H and O–H groups in total. The van der Waals surface area contributed by atoms with Gasteiger partial charge in [-0.25, -0.2) is 8.42 Å². The fraction of sp³-hybridized carbons (Fsp3) is 0.435. The van der Waals surface area contributed by atoms with Crippen LogP contribution in [0.15, 0.2) is 53.4 Å². The third-order valence-corrected chi connectivity index (χ3v) is 7.35. The Balaban J connectivity index is 2.23. The highest BCUT2D eigenvalue weighted by Crippen LogP contribution is 2.26. The summed E-state index contributed by atoms with van der Waals surface area (Å²) in [6.07, 6.45) is 0. The number of aryl methyl sites for hydroxylation is 1. The van der Waals surface area contributed by atoms with Gasteiger partial charge in [0.25, 0.3) is 10.0 Å². The SMILES string of the molecule is CCOc1ccc(N(CC(=O)NCCSC(C)(C)C)S(=O)(=O)c2ccc(C)cc2)cc1. The molecule has 0 saturated carbocycles. The van der Waals surface area contributed by atoms with Crippen LogP contribution in [0, 0.1) is 6.92 Å². The van der Waals surface area contributed by atoms with Crippen LogP contribution in [0.2, 0.25) is 0 Å². The van der Waals surface area contributed by atoms with E-state index in [1.165, 1.54) is 0 Å². The number of sulfonamides is 1. The second kappa shape index (κ2) is 10.9. The van der Waals surface area contributed by atoms with E-state index in [-0.39, 0.29) is 22.1 Å². The molecule has 2 aromatic rings. The summed E-state index contributed by atoms with van der Waals surface area (Å²) < 4.78 is 33.4. The molecule has 0 aromatic heterocycles. The lowest BCUT2D eigenvalue weighted by molar-refractivity contribution is -0.119. The minimum Gasteiger partial charge on any atom is -0.494 e. The van der Waals surface area contributed by atoms with Crippen molar-refractivity contribution in [3.63, 3.8) is 0 Å². The molecule has 6 nitrogen and oxygen atoms in total. The number of benzene rings is 2. The van der Waals surface area contributed by atoms with Gasteiger partial charge in [0.1, 0.15) is 12.3 Å². The van der Waals surface area contributed by atoms with Gasteiger partial charge in [-0.3, -0.25) is 9.10 Å². The summed E-state index contributed by atoms with van der Waals surface area (Å²) in [6, 6.07) is 13.3. The fourth-order valence-electron chi connectivity index (χ4n) is 2.76. The minimum absolute atomic E-state index is 0.105. The molecule has 0 aliphatic rings. The van der Waals surface area contributed by atoms with Crippen molar-refractivity contribution in [1.82, 2.24) is 5.32 Å². The van der Waals surface area contributed by atoms with Gasteiger partial charge in [0, 0.05) is 17.0 Å². The number of rotatable bonds is 10. The number of carbonyl (C=O) groups is 1. The number of hydrogen-bond acceptors (Lipinski definition) is 5. The molecule has 0 heterocycles. The zero-order valence-electron chi connectivity index (χ0n) is 18.8. The van der Waals surface area contributed by atoms with E-state index in [1.807, 2.05) is 13.8 Å². The fourth-order valence-corrected chi connectivity index (χ4v) is 5.00. The number of thioether (sulfide) groups is 1. The predicted molar refractivity (Wildman–Crippen MR) is 129 cm³/mol. The Morgan fingerprint density at radius 2 is 1.68 bits per heavy atom. The van der Waals surface area contributed by atoms with E-state index in [4.69, 9.17) is 4.74 Å². The Labute approximate surface area is 190 Å². The van der Waals surface area contributed by atoms with Crippen molar-refractivity contribution in [2.75, 3.05) is 29.8 Å². The summed E-state index contributed by atoms with van der Waals surface area (Å²) >= 11 is 1.74. The van der Waals surface area contributed by atoms with Crippen LogP contribution >= 0.6 is 11.8 Å². The number of anilines is 1. The van der Waals surface area contributed by atoms with Gasteiger partial charge in [-0.2, -0.15) is 11.8 Å². The van der Waals surface area contributed by atoms with Crippen molar-refractivity contribution in [1.29, 1.82) is 0 Å². The molecule has 2 rings (SSSR count). The molecule has 2 aromatic carbocycles. The minimum atomic E-state index is -3.92. The van der Waals surface area contributed by atoms with Crippen LogP contribution in [0.5, 0.6) is 5.75 Å². The highest BCUT2D eigenvalue weighted by molar-refractivity contribution is 8.00. The Hall–Kier alpha value is -2.19. The van der Waals surface area contributed by atoms with Crippen LogP contribution < -0.4 is 14.4 Å². The van der Waals surface area contributed by atoms with Crippen LogP contribution in [0.4, 0.5) is 5.69 Å². The predicted octanol–water partition coefficient (Wildman–Crippen LogP) is 4.24. The third kappa shape index (κ3) is 7.78. The van der Waals surface area contributed by atoms with Crippen molar-refractivity contribution >= 4 is 33.4 Å². The zero-order chi connectivity index (χ0) is 23.1. The summed E-state index contributed by atoms with van der Waals surface area (Å²) in [5.74, 6) is 1.05. The first-order valence-electron chi connectivity index (χ1n) is 10.3. The molecule has 0 bridgehead atoms. The lowest BCUT2D eigenvalue weighted by Gasteiger charge is -2.24. The monoisotopic (exact) mass is 464 g/mol. The lowest BCUT2D eigenvalue weighted by atomic mass is 10.2. The molecule has 0 atom stereocenters. The molecule has 8 heteroatoms. The van der Waals surface area contributed by atoms with Gasteiger partial charge in [-0.05, 0) is 50.2 Å². The number of ether oxygens (including phenoxy) is 1. The third-order valence-electron chi connectivity index (χ3n) is 4.29. The summed E-state index contributed by atoms with van der Waals surface area (Å²) in [6.45, 7) is 10.8. The standard InChI is InChI=1S/C23H32N2O4S2/c1-6-29-20-11-9-19(10-12-20)25(17-22(26)24-15-16-30-23(3,4)5)31(27,28)21-13-7-18(2)8-14-21/h7-14H,6,15-17H2,1-5H3,(H,24,26). The Kier molecular flexibility index (Phi) is 8.82. The van der Waals surface area contributed by atoms with Gasteiger partial charge in [0.2, 0.25) is 5.91 Å². The summed E-state index contributed by atoms with van der Waals surface area (Å²) in [5, 5.41) is 2.83. The average molecular weight is 465 g/mol. The normalized spacial score (nSPS) is 11.8. The highest BCUT2D eigenvalue weighted by atomic mass is 32.2. The Bertz CT molecular complexity index is 951. The van der Waals surface area contributed by atoms with Gasteiger partial charge in [-0.1, -0.05) is 38.5 Å². The molecule has 0 aliphatic carbocycles. The van der Waals surface area contributed by atoms with Crippen LogP contribution in [0.1, 0.15) is 33.3 Å². The number of nitrogens with zero attached hydrogens (tertiary/aromatic N) is 1. The smallest absolute Gasteiger partial charge is 0.264 e. The maximum Gasteiger partial charge on any atom is 0.264 e. The van der Waals surface area contributed by atoms with Crippen LogP contribution in [-0.2, 0) is 14.8 Å². The quantitative estimate of drug-likeness (QED) is 0.533. The maximum atomic E-state index is 13.4. The molecule has 170 valence electrons. The highest BCUT2D eigenvalue weighted by Gasteiger charge is 2.27. The molecule has 0 aliphatic heterocycles. The van der Waals surface area contributed by atoms with Crippen molar-refractivity contribution in [2.45, 2.75) is 44.3 Å². The first-order chi connectivity index (χ1) is 14.5. The molecular formula is C23H32N2O4S2. The Morgan fingerprint density at radius 1 is 1.06 bits per heavy atom. The largest absolute Gasteiger partial charge is 0.494 e. The first-order valence-corrected chi connectivity index (χ1v) is 12.7. The summed E-state index contributed by atoms with van der Waals surface area (Å²) in [5.41, 5.74) is 1.36. The first kappa shape index (κ1) is 25.1. The van der Waals surface area contributed by atoms with Crippen LogP contribution in [0.3, 0.4) is 0 Å². The van der Waals surface area contributed by atoms with Gasteiger partial charge in [0.05, 0.1) is 17.2 Å². The molecule has 0 fully saturated rings. The Morgan fingerprint density at radius 3 is 2.23 bits per heavy atom. The van der Waals surface area contributed by atoms with E-state index in [9.17, 15) is 13.2 Å². The van der Waals surface area contributed by atoms with Crippen molar-refractivity contribution < 1.29 is 17.9 Å². The van der Waals surface area contributed by atoms with Gasteiger partial charge >= 0.3 is 0 Å². The van der Waals surface area contributed by atoms with Crippen LogP contribution in [-0.4, -0.2) is 44.5 Å². The molecule has 0 saturated heterocycles. The van der Waals surface area contributed by atoms with E-state index >= 15 is 0 Å². The lowest BCUT2D eigenvalue weighted by Crippen LogP contribution is -2.41. The number of hydrogen-bond donors (Lipinski definition) is 1. The number of nitrogens with one attached hydrogen (secondary N) is 1. The van der Waals surface area contributed by atoms with E-state index in [1.54, 1.807) is 60.3 Å². The molecule has 1 amide bonds. The molecular weight excluding hydrogens is 432 g/mol. The average Bonchev–Trinajstić information content (AvgIpc) is 2.70. The second-order valence-corrected chi connectivity index (χ2v) is 11.8. The van der Waals surface area contributed by atoms with Crippen molar-refractivity contribution in [3.05, 3.63) is 54.1 Å². The van der Waals surface area contributed by atoms with E-state index in [0.29, 0.717) is 24.6 Å². The van der Waals surface area contributed by atoms with Crippen LogP contribution in [0.25, 0.3) is 0 Å². The zero-order valence-corrected chi connectivity index (χ0v) is 20.5. The van der Waals surface area contributed by atoms with E-state index in [2.05, 4.69) is 26.1 Å². The van der Waals surface area contributed by atoms with Crippen molar-refractivity contribution in [2.24, 2.45) is 0 Å². The summed E-state index contributed by atoms with van der Waals surface area (Å²) in [7, 11) is -3.92. The van der Waals surface area contributed by atoms with E-state index in [0.717, 1.165) is 15.6 Å². The maximum absolute atomic E-state index is 13.4. The number of amides is 1. The molecule has 0 unspecified atom stereocenters. The summed E-state index contributed by atoms with van der Waals surface area (Å²) in [4.78, 5) is 12.7. The van der Waals surface area contributed by atoms with Gasteiger partial charge < -0.3 is 10.1 Å². The second-order valence-electron chi connectivity index (χ2n) is 8.06. The molecule has 31 heavy (non-hydrogen) atoms. The number of carbonyl (C=O) groups excluding carboxylic acids is 1. The van der Waals surface area contributed by atoms with E-state index < -0.39 is 10.0 Å². The molecule has 0 radical (unpaired) electrons. The van der Waals surface area contributed by atoms with Gasteiger partial charge in [-0.15, -0.1) is 0 Å². The topological polar surface area (TPSA) is 75.7 Å². The van der Waals surface area contributed by atoms with Gasteiger partial charge in [0.15, 0.2) is 0 Å². The molecule has 0 spiro atoms.